The molecule has 2 heterocycles. The van der Waals surface area contributed by atoms with Gasteiger partial charge in [0.15, 0.2) is 24.1 Å². The maximum atomic E-state index is 11.9. The number of unbranched alkanes of at least 4 members (excludes halogenated alkanes) is 6. The number of hydrogen-bond donors (Lipinski definition) is 0. The lowest BCUT2D eigenvalue weighted by Gasteiger charge is -2.09. The third-order valence-electron chi connectivity index (χ3n) is 8.18. The molecule has 0 N–H and O–H groups in total. The summed E-state index contributed by atoms with van der Waals surface area (Å²) >= 11 is 3.35. The smallest absolute Gasteiger partial charge is 0.184 e. The number of nitrogens with zero attached hydrogens (tertiary/aromatic N) is 1. The van der Waals surface area contributed by atoms with Crippen LogP contribution in [-0.4, -0.2) is 49.6 Å². The van der Waals surface area contributed by atoms with E-state index in [4.69, 9.17) is 24.2 Å². The standard InChI is InChI=1S/C15H20O3.C13H16O2.C10H9NO2.C5H11Br/c1-2-3-4-5-14(16)12-6-8-13(9-7-12)15-17-10-11-18-15;1-2-3-4-5-13(15)12-8-6-11(10-14)7-9-12;11-7-8-1-3-9(4-2-8)10-12-5-6-13-10;1-2-3-4-5-6/h6-9,15H,2-5,10-11H2,1H3;6-10H,2-5H2,1H3;1-4,10H,5-6H2;2-5H2,1H3. The SMILES string of the molecule is CCCCCBr.CCCCCC(=O)c1ccc(C2OCCO2)cc1.CCCCCC(=O)c1ccc(C=O)cc1.N#Cc1ccc(C2OCCO2)cc1. The van der Waals surface area contributed by atoms with Gasteiger partial charge in [-0.05, 0) is 31.4 Å². The molecule has 52 heavy (non-hydrogen) atoms. The molecular weight excluding hydrogens is 722 g/mol. The van der Waals surface area contributed by atoms with Gasteiger partial charge >= 0.3 is 0 Å². The lowest BCUT2D eigenvalue weighted by Crippen LogP contribution is -2.01. The summed E-state index contributed by atoms with van der Waals surface area (Å²) in [6, 6.07) is 23.7. The summed E-state index contributed by atoms with van der Waals surface area (Å²) in [6.45, 7) is 9.03. The van der Waals surface area contributed by atoms with Crippen molar-refractivity contribution < 1.29 is 33.3 Å². The molecule has 0 atom stereocenters. The quantitative estimate of drug-likeness (QED) is 0.0611. The second kappa shape index (κ2) is 28.0. The molecule has 0 amide bonds. The largest absolute Gasteiger partial charge is 0.346 e. The van der Waals surface area contributed by atoms with Crippen LogP contribution in [0, 0.1) is 11.3 Å². The molecule has 282 valence electrons. The Kier molecular flexibility index (Phi) is 24.1. The number of ketones is 2. The van der Waals surface area contributed by atoms with Crippen LogP contribution in [0.15, 0.2) is 72.8 Å². The number of carbonyl (C=O) groups excluding carboxylic acids is 3. The molecule has 0 spiro atoms. The molecule has 0 saturated carbocycles. The van der Waals surface area contributed by atoms with Crippen molar-refractivity contribution in [2.24, 2.45) is 0 Å². The van der Waals surface area contributed by atoms with E-state index in [0.717, 1.165) is 61.5 Å². The summed E-state index contributed by atoms with van der Waals surface area (Å²) in [5, 5.41) is 9.75. The van der Waals surface area contributed by atoms with Crippen molar-refractivity contribution in [3.8, 4) is 6.07 Å². The first-order chi connectivity index (χ1) is 25.4. The molecule has 3 aromatic carbocycles. The second-order valence-corrected chi connectivity index (χ2v) is 13.2. The minimum Gasteiger partial charge on any atom is -0.346 e. The Morgan fingerprint density at radius 3 is 1.37 bits per heavy atom. The maximum Gasteiger partial charge on any atom is 0.184 e. The van der Waals surface area contributed by atoms with Crippen molar-refractivity contribution >= 4 is 33.8 Å². The highest BCUT2D eigenvalue weighted by Gasteiger charge is 2.19. The van der Waals surface area contributed by atoms with Crippen LogP contribution in [0.1, 0.15) is 152 Å². The molecule has 0 bridgehead atoms. The zero-order valence-electron chi connectivity index (χ0n) is 31.2. The monoisotopic (exact) mass is 777 g/mol. The fourth-order valence-electron chi connectivity index (χ4n) is 5.09. The zero-order valence-corrected chi connectivity index (χ0v) is 32.7. The summed E-state index contributed by atoms with van der Waals surface area (Å²) in [5.41, 5.74) is 4.71. The second-order valence-electron chi connectivity index (χ2n) is 12.4. The fourth-order valence-corrected chi connectivity index (χ4v) is 5.49. The Labute approximate surface area is 319 Å². The summed E-state index contributed by atoms with van der Waals surface area (Å²) in [6.07, 6.45) is 12.0. The van der Waals surface area contributed by atoms with Gasteiger partial charge in [-0.2, -0.15) is 5.26 Å². The molecular formula is C43H56BrNO7. The van der Waals surface area contributed by atoms with Gasteiger partial charge in [0, 0.05) is 46.0 Å². The molecule has 0 aromatic heterocycles. The third kappa shape index (κ3) is 17.8. The normalized spacial score (nSPS) is 13.8. The van der Waals surface area contributed by atoms with Crippen LogP contribution in [0.25, 0.3) is 0 Å². The first-order valence-electron chi connectivity index (χ1n) is 18.6. The summed E-state index contributed by atoms with van der Waals surface area (Å²) < 4.78 is 21.4. The molecule has 0 radical (unpaired) electrons. The number of carbonyl (C=O) groups is 3. The van der Waals surface area contributed by atoms with Crippen molar-refractivity contribution in [1.82, 2.24) is 0 Å². The average Bonchev–Trinajstić information content (AvgIpc) is 3.94. The van der Waals surface area contributed by atoms with Crippen LogP contribution in [0.5, 0.6) is 0 Å². The van der Waals surface area contributed by atoms with E-state index >= 15 is 0 Å². The number of nitriles is 1. The van der Waals surface area contributed by atoms with Gasteiger partial charge in [0.2, 0.25) is 0 Å². The van der Waals surface area contributed by atoms with E-state index < -0.39 is 0 Å². The minimum absolute atomic E-state index is 0.167. The van der Waals surface area contributed by atoms with Gasteiger partial charge in [-0.15, -0.1) is 0 Å². The number of aldehydes is 1. The van der Waals surface area contributed by atoms with Gasteiger partial charge in [-0.3, -0.25) is 14.4 Å². The first kappa shape index (κ1) is 44.6. The van der Waals surface area contributed by atoms with Crippen LogP contribution < -0.4 is 0 Å². The highest BCUT2D eigenvalue weighted by atomic mass is 79.9. The third-order valence-corrected chi connectivity index (χ3v) is 8.74. The Hall–Kier alpha value is -3.52. The first-order valence-corrected chi connectivity index (χ1v) is 19.8. The number of alkyl halides is 1. The molecule has 0 aliphatic carbocycles. The maximum absolute atomic E-state index is 11.9. The molecule has 5 rings (SSSR count). The van der Waals surface area contributed by atoms with Crippen molar-refractivity contribution in [3.05, 3.63) is 106 Å². The Bertz CT molecular complexity index is 1440. The van der Waals surface area contributed by atoms with Gasteiger partial charge in [0.25, 0.3) is 0 Å². The average molecular weight is 779 g/mol. The van der Waals surface area contributed by atoms with E-state index in [2.05, 4.69) is 42.8 Å². The topological polar surface area (TPSA) is 112 Å². The van der Waals surface area contributed by atoms with Crippen LogP contribution in [-0.2, 0) is 18.9 Å². The summed E-state index contributed by atoms with van der Waals surface area (Å²) in [7, 11) is 0. The van der Waals surface area contributed by atoms with Crippen molar-refractivity contribution in [2.75, 3.05) is 31.8 Å². The number of rotatable bonds is 16. The molecule has 0 unspecified atom stereocenters. The molecule has 2 fully saturated rings. The van der Waals surface area contributed by atoms with Gasteiger partial charge in [-0.1, -0.05) is 136 Å². The van der Waals surface area contributed by atoms with Crippen LogP contribution in [0.4, 0.5) is 0 Å². The highest BCUT2D eigenvalue weighted by Crippen LogP contribution is 2.24. The van der Waals surface area contributed by atoms with Gasteiger partial charge in [0.05, 0.1) is 38.1 Å². The predicted octanol–water partition coefficient (Wildman–Crippen LogP) is 10.9. The number of ether oxygens (including phenoxy) is 4. The van der Waals surface area contributed by atoms with E-state index in [-0.39, 0.29) is 24.1 Å². The van der Waals surface area contributed by atoms with Crippen molar-refractivity contribution in [3.63, 3.8) is 0 Å². The Morgan fingerprint density at radius 1 is 0.635 bits per heavy atom. The van der Waals surface area contributed by atoms with Crippen molar-refractivity contribution in [1.29, 1.82) is 5.26 Å². The number of hydrogen-bond acceptors (Lipinski definition) is 8. The molecule has 2 aliphatic heterocycles. The van der Waals surface area contributed by atoms with E-state index in [0.29, 0.717) is 56.0 Å². The fraction of sp³-hybridized carbons (Fsp3) is 0.488. The minimum atomic E-state index is -0.255. The van der Waals surface area contributed by atoms with Crippen LogP contribution in [0.2, 0.25) is 0 Å². The Balaban J connectivity index is 0.000000253. The van der Waals surface area contributed by atoms with Gasteiger partial charge < -0.3 is 18.9 Å². The van der Waals surface area contributed by atoms with Gasteiger partial charge in [0.1, 0.15) is 6.29 Å². The number of benzene rings is 3. The van der Waals surface area contributed by atoms with Crippen LogP contribution in [0.3, 0.4) is 0 Å². The number of halogens is 1. The zero-order chi connectivity index (χ0) is 37.8. The van der Waals surface area contributed by atoms with E-state index in [9.17, 15) is 14.4 Å². The summed E-state index contributed by atoms with van der Waals surface area (Å²) in [5.74, 6) is 0.393. The van der Waals surface area contributed by atoms with Crippen molar-refractivity contribution in [2.45, 2.75) is 104 Å². The lowest BCUT2D eigenvalue weighted by molar-refractivity contribution is -0.0443. The molecule has 8 nitrogen and oxygen atoms in total. The predicted molar refractivity (Wildman–Crippen MR) is 209 cm³/mol. The lowest BCUT2D eigenvalue weighted by atomic mass is 10.0. The molecule has 2 aliphatic rings. The van der Waals surface area contributed by atoms with E-state index in [1.807, 2.05) is 36.4 Å². The highest BCUT2D eigenvalue weighted by molar-refractivity contribution is 9.09. The summed E-state index contributed by atoms with van der Waals surface area (Å²) in [4.78, 5) is 33.9. The van der Waals surface area contributed by atoms with Gasteiger partial charge in [-0.25, -0.2) is 0 Å². The van der Waals surface area contributed by atoms with E-state index in [1.54, 1.807) is 36.4 Å². The Morgan fingerprint density at radius 2 is 1.02 bits per heavy atom. The molecule has 3 aromatic rings. The van der Waals surface area contributed by atoms with E-state index in [1.165, 1.54) is 24.6 Å². The van der Waals surface area contributed by atoms with Crippen LogP contribution >= 0.6 is 15.9 Å². The molecule has 9 heteroatoms. The number of Topliss-reactive ketones (excluding diaryl/α,β-unsaturated/α-hetero) is 2. The molecule has 2 saturated heterocycles.